The predicted molar refractivity (Wildman–Crippen MR) is 79.5 cm³/mol. The maximum atomic E-state index is 12.6. The third-order valence-corrected chi connectivity index (χ3v) is 4.88. The Labute approximate surface area is 125 Å². The highest BCUT2D eigenvalue weighted by atomic mass is 32.2. The molecule has 1 amide bonds. The van der Waals surface area contributed by atoms with E-state index in [4.69, 9.17) is 0 Å². The van der Waals surface area contributed by atoms with Crippen molar-refractivity contribution >= 4 is 15.9 Å². The fraction of sp³-hybridized carbons (Fsp3) is 0.615. The number of sulfonamides is 1. The molecular weight excluding hydrogens is 294 g/mol. The highest BCUT2D eigenvalue weighted by Crippen LogP contribution is 2.20. The van der Waals surface area contributed by atoms with Crippen molar-refractivity contribution in [2.75, 3.05) is 20.1 Å². The lowest BCUT2D eigenvalue weighted by Crippen LogP contribution is -2.41. The van der Waals surface area contributed by atoms with E-state index in [2.05, 4.69) is 5.32 Å². The summed E-state index contributed by atoms with van der Waals surface area (Å²) in [6.07, 6.45) is 1.40. The molecule has 0 saturated heterocycles. The molecule has 1 aromatic rings. The first-order chi connectivity index (χ1) is 9.52. The second-order valence-corrected chi connectivity index (χ2v) is 7.43. The molecule has 0 fully saturated rings. The van der Waals surface area contributed by atoms with Crippen molar-refractivity contribution in [3.05, 3.63) is 18.0 Å². The van der Waals surface area contributed by atoms with Gasteiger partial charge in [0.15, 0.2) is 0 Å². The van der Waals surface area contributed by atoms with Crippen LogP contribution in [0.2, 0.25) is 0 Å². The van der Waals surface area contributed by atoms with Crippen LogP contribution in [0.3, 0.4) is 0 Å². The Hall–Kier alpha value is -1.38. The van der Waals surface area contributed by atoms with Crippen LogP contribution < -0.4 is 5.32 Å². The fourth-order valence-electron chi connectivity index (χ4n) is 1.98. The maximum absolute atomic E-state index is 12.6. The van der Waals surface area contributed by atoms with Gasteiger partial charge in [0.05, 0.1) is 5.60 Å². The summed E-state index contributed by atoms with van der Waals surface area (Å²) in [7, 11) is -0.666. The molecule has 0 aliphatic rings. The Morgan fingerprint density at radius 3 is 2.48 bits per heavy atom. The normalized spacial score (nSPS) is 12.7. The molecule has 21 heavy (non-hydrogen) atoms. The number of hydrogen-bond donors (Lipinski definition) is 2. The highest BCUT2D eigenvalue weighted by molar-refractivity contribution is 7.89. The summed E-state index contributed by atoms with van der Waals surface area (Å²) in [4.78, 5) is 11.7. The number of aliphatic hydroxyl groups is 1. The summed E-state index contributed by atoms with van der Waals surface area (Å²) in [6, 6.07) is 1.33. The van der Waals surface area contributed by atoms with Crippen LogP contribution in [0.5, 0.6) is 0 Å². The molecule has 0 aromatic carbocycles. The van der Waals surface area contributed by atoms with Crippen LogP contribution >= 0.6 is 0 Å². The first-order valence-electron chi connectivity index (χ1n) is 6.64. The average Bonchev–Trinajstić information content (AvgIpc) is 2.76. The zero-order valence-corrected chi connectivity index (χ0v) is 13.9. The van der Waals surface area contributed by atoms with Gasteiger partial charge in [-0.1, -0.05) is 6.92 Å². The fourth-order valence-corrected chi connectivity index (χ4v) is 3.65. The van der Waals surface area contributed by atoms with Crippen molar-refractivity contribution in [1.29, 1.82) is 0 Å². The van der Waals surface area contributed by atoms with Crippen molar-refractivity contribution in [2.45, 2.75) is 31.3 Å². The third-order valence-electron chi connectivity index (χ3n) is 2.99. The summed E-state index contributed by atoms with van der Waals surface area (Å²) in [6.45, 7) is 5.01. The number of aryl methyl sites for hydroxylation is 1. The monoisotopic (exact) mass is 317 g/mol. The smallest absolute Gasteiger partial charge is 0.267 e. The van der Waals surface area contributed by atoms with E-state index < -0.39 is 15.6 Å². The molecule has 0 unspecified atom stereocenters. The Morgan fingerprint density at radius 2 is 2.05 bits per heavy atom. The van der Waals surface area contributed by atoms with E-state index in [1.54, 1.807) is 27.8 Å². The molecule has 0 spiro atoms. The first kappa shape index (κ1) is 17.7. The predicted octanol–water partition coefficient (Wildman–Crippen LogP) is 0.166. The summed E-state index contributed by atoms with van der Waals surface area (Å²) in [5.41, 5.74) is -0.878. The second kappa shape index (κ2) is 6.17. The topological polar surface area (TPSA) is 91.6 Å². The number of likely N-dealkylation sites (N-methyl/N-ethyl adjacent to an activating group) is 1. The molecule has 7 nitrogen and oxygen atoms in total. The molecule has 0 aliphatic carbocycles. The van der Waals surface area contributed by atoms with Gasteiger partial charge in [0.2, 0.25) is 10.0 Å². The molecule has 2 N–H and O–H groups in total. The molecular formula is C13H23N3O4S. The van der Waals surface area contributed by atoms with Crippen LogP contribution in [0.4, 0.5) is 0 Å². The van der Waals surface area contributed by atoms with Crippen LogP contribution in [-0.2, 0) is 17.1 Å². The standard InChI is InChI=1S/C13H23N3O4S/c1-6-16(9-13(2,3)18)21(19,20)10-7-11(12(17)14-4)15(5)8-10/h7-8,18H,6,9H2,1-5H3,(H,14,17). The van der Waals surface area contributed by atoms with Gasteiger partial charge >= 0.3 is 0 Å². The lowest BCUT2D eigenvalue weighted by atomic mass is 10.1. The van der Waals surface area contributed by atoms with E-state index >= 15 is 0 Å². The summed E-state index contributed by atoms with van der Waals surface area (Å²) in [5, 5.41) is 12.3. The van der Waals surface area contributed by atoms with Gasteiger partial charge in [0.25, 0.3) is 5.91 Å². The molecule has 1 rings (SSSR count). The Bertz CT molecular complexity index is 614. The molecule has 8 heteroatoms. The van der Waals surface area contributed by atoms with Crippen LogP contribution in [0.1, 0.15) is 31.3 Å². The number of rotatable bonds is 6. The van der Waals surface area contributed by atoms with Gasteiger partial charge in [-0.3, -0.25) is 4.79 Å². The van der Waals surface area contributed by atoms with Gasteiger partial charge in [-0.25, -0.2) is 8.42 Å². The Morgan fingerprint density at radius 1 is 1.48 bits per heavy atom. The maximum Gasteiger partial charge on any atom is 0.267 e. The number of nitrogens with zero attached hydrogens (tertiary/aromatic N) is 2. The minimum Gasteiger partial charge on any atom is -0.389 e. The van der Waals surface area contributed by atoms with E-state index in [1.165, 1.54) is 28.2 Å². The van der Waals surface area contributed by atoms with Gasteiger partial charge < -0.3 is 15.0 Å². The van der Waals surface area contributed by atoms with E-state index in [-0.39, 0.29) is 29.6 Å². The molecule has 0 radical (unpaired) electrons. The molecule has 120 valence electrons. The van der Waals surface area contributed by atoms with Gasteiger partial charge in [0, 0.05) is 33.4 Å². The zero-order valence-electron chi connectivity index (χ0n) is 13.0. The molecule has 0 aliphatic heterocycles. The minimum atomic E-state index is -3.76. The Kier molecular flexibility index (Phi) is 5.19. The largest absolute Gasteiger partial charge is 0.389 e. The van der Waals surface area contributed by atoms with E-state index in [0.29, 0.717) is 0 Å². The van der Waals surface area contributed by atoms with Gasteiger partial charge in [-0.05, 0) is 19.9 Å². The molecule has 0 bridgehead atoms. The van der Waals surface area contributed by atoms with Crippen molar-refractivity contribution in [3.63, 3.8) is 0 Å². The van der Waals surface area contributed by atoms with Crippen LogP contribution in [0.15, 0.2) is 17.2 Å². The lowest BCUT2D eigenvalue weighted by molar-refractivity contribution is 0.0601. The average molecular weight is 317 g/mol. The van der Waals surface area contributed by atoms with Crippen molar-refractivity contribution < 1.29 is 18.3 Å². The Balaban J connectivity index is 3.21. The number of carbonyl (C=O) groups is 1. The van der Waals surface area contributed by atoms with Gasteiger partial charge in [-0.2, -0.15) is 4.31 Å². The minimum absolute atomic E-state index is 0.0178. The van der Waals surface area contributed by atoms with E-state index in [0.717, 1.165) is 0 Å². The number of carbonyl (C=O) groups excluding carboxylic acids is 1. The number of nitrogens with one attached hydrogen (secondary N) is 1. The first-order valence-corrected chi connectivity index (χ1v) is 8.08. The van der Waals surface area contributed by atoms with Crippen molar-refractivity contribution in [1.82, 2.24) is 14.2 Å². The van der Waals surface area contributed by atoms with Crippen LogP contribution in [-0.4, -0.2) is 54.0 Å². The second-order valence-electron chi connectivity index (χ2n) is 5.49. The summed E-state index contributed by atoms with van der Waals surface area (Å²) >= 11 is 0. The quantitative estimate of drug-likeness (QED) is 0.782. The molecule has 0 saturated carbocycles. The van der Waals surface area contributed by atoms with E-state index in [9.17, 15) is 18.3 Å². The van der Waals surface area contributed by atoms with Crippen molar-refractivity contribution in [3.8, 4) is 0 Å². The van der Waals surface area contributed by atoms with Crippen LogP contribution in [0, 0.1) is 0 Å². The summed E-state index contributed by atoms with van der Waals surface area (Å²) in [5.74, 6) is -0.357. The lowest BCUT2D eigenvalue weighted by Gasteiger charge is -2.26. The van der Waals surface area contributed by atoms with E-state index in [1.807, 2.05) is 0 Å². The SMILES string of the molecule is CCN(CC(C)(C)O)S(=O)(=O)c1cc(C(=O)NC)n(C)c1. The molecule has 1 heterocycles. The zero-order chi connectivity index (χ0) is 16.4. The van der Waals surface area contributed by atoms with Gasteiger partial charge in [0.1, 0.15) is 10.6 Å². The van der Waals surface area contributed by atoms with Gasteiger partial charge in [-0.15, -0.1) is 0 Å². The summed E-state index contributed by atoms with van der Waals surface area (Å²) < 4.78 is 27.8. The van der Waals surface area contributed by atoms with Crippen molar-refractivity contribution in [2.24, 2.45) is 7.05 Å². The van der Waals surface area contributed by atoms with Crippen LogP contribution in [0.25, 0.3) is 0 Å². The third kappa shape index (κ3) is 4.05. The highest BCUT2D eigenvalue weighted by Gasteiger charge is 2.30. The molecule has 0 atom stereocenters. The number of amides is 1. The number of aromatic nitrogens is 1. The molecule has 1 aromatic heterocycles. The number of hydrogen-bond acceptors (Lipinski definition) is 4.